The molecule has 286 valence electrons. The average Bonchev–Trinajstić information content (AvgIpc) is 3.02. The molecular formula is C38H76NO8P. The van der Waals surface area contributed by atoms with Gasteiger partial charge in [0.25, 0.3) is 7.82 Å². The molecule has 10 heteroatoms. The number of phosphoric ester groups is 1. The summed E-state index contributed by atoms with van der Waals surface area (Å²) in [6.07, 6.45) is 28.4. The Balaban J connectivity index is 4.37. The number of hydrogen-bond donors (Lipinski definition) is 0. The molecule has 0 aromatic heterocycles. The van der Waals surface area contributed by atoms with Crippen LogP contribution >= 0.6 is 7.82 Å². The van der Waals surface area contributed by atoms with Crippen LogP contribution in [0.2, 0.25) is 0 Å². The maximum Gasteiger partial charge on any atom is 0.306 e. The predicted octanol–water partition coefficient (Wildman–Crippen LogP) is 9.83. The Bertz CT molecular complexity index is 804. The van der Waals surface area contributed by atoms with Crippen molar-refractivity contribution in [3.63, 3.8) is 0 Å². The quantitative estimate of drug-likeness (QED) is 0.0274. The van der Waals surface area contributed by atoms with Crippen molar-refractivity contribution in [1.82, 2.24) is 0 Å². The van der Waals surface area contributed by atoms with Gasteiger partial charge < -0.3 is 27.9 Å². The summed E-state index contributed by atoms with van der Waals surface area (Å²) in [5, 5.41) is 0. The molecule has 0 saturated heterocycles. The van der Waals surface area contributed by atoms with Gasteiger partial charge in [-0.25, -0.2) is 0 Å². The van der Waals surface area contributed by atoms with Crippen molar-refractivity contribution in [2.45, 2.75) is 187 Å². The predicted molar refractivity (Wildman–Crippen MR) is 195 cm³/mol. The number of ether oxygens (including phenoxy) is 2. The third-order valence-electron chi connectivity index (χ3n) is 8.63. The Morgan fingerprint density at radius 2 is 0.938 bits per heavy atom. The molecule has 0 N–H and O–H groups in total. The number of phosphoric acid groups is 1. The first-order valence-electron chi connectivity index (χ1n) is 19.7. The van der Waals surface area contributed by atoms with Gasteiger partial charge in [-0.3, -0.25) is 14.2 Å². The van der Waals surface area contributed by atoms with Crippen LogP contribution in [0.4, 0.5) is 0 Å². The third-order valence-corrected chi connectivity index (χ3v) is 9.59. The van der Waals surface area contributed by atoms with Crippen LogP contribution < -0.4 is 4.89 Å². The van der Waals surface area contributed by atoms with Gasteiger partial charge in [0.05, 0.1) is 27.7 Å². The van der Waals surface area contributed by atoms with Gasteiger partial charge >= 0.3 is 11.9 Å². The van der Waals surface area contributed by atoms with Crippen molar-refractivity contribution < 1.29 is 42.1 Å². The van der Waals surface area contributed by atoms with E-state index in [1.807, 2.05) is 21.1 Å². The summed E-state index contributed by atoms with van der Waals surface area (Å²) in [5.74, 6) is -0.827. The fraction of sp³-hybridized carbons (Fsp3) is 0.947. The number of unbranched alkanes of at least 4 members (excludes halogenated alkanes) is 22. The van der Waals surface area contributed by atoms with Crippen molar-refractivity contribution in [3.05, 3.63) is 0 Å². The minimum absolute atomic E-state index is 0.0261. The van der Waals surface area contributed by atoms with Crippen LogP contribution in [0.5, 0.6) is 0 Å². The van der Waals surface area contributed by atoms with E-state index in [4.69, 9.17) is 18.5 Å². The first kappa shape index (κ1) is 47.0. The van der Waals surface area contributed by atoms with Crippen LogP contribution in [0.25, 0.3) is 0 Å². The lowest BCUT2D eigenvalue weighted by Gasteiger charge is -2.28. The number of hydrogen-bond acceptors (Lipinski definition) is 8. The fourth-order valence-corrected chi connectivity index (χ4v) is 6.21. The number of esters is 2. The number of likely N-dealkylation sites (N-methyl/N-ethyl adjacent to an activating group) is 1. The summed E-state index contributed by atoms with van der Waals surface area (Å²) in [5.41, 5.74) is 0. The van der Waals surface area contributed by atoms with Gasteiger partial charge in [-0.1, -0.05) is 155 Å². The van der Waals surface area contributed by atoms with Gasteiger partial charge in [-0.15, -0.1) is 0 Å². The van der Waals surface area contributed by atoms with Gasteiger partial charge in [0, 0.05) is 12.8 Å². The Morgan fingerprint density at radius 3 is 1.33 bits per heavy atom. The molecule has 0 rings (SSSR count). The van der Waals surface area contributed by atoms with Crippen molar-refractivity contribution in [2.24, 2.45) is 0 Å². The van der Waals surface area contributed by atoms with E-state index in [0.717, 1.165) is 32.1 Å². The fourth-order valence-electron chi connectivity index (χ4n) is 5.48. The molecule has 1 unspecified atom stereocenters. The highest BCUT2D eigenvalue weighted by atomic mass is 31.2. The first-order valence-corrected chi connectivity index (χ1v) is 21.2. The lowest BCUT2D eigenvalue weighted by molar-refractivity contribution is -0.870. The summed E-state index contributed by atoms with van der Waals surface area (Å²) in [6.45, 7) is 4.22. The van der Waals surface area contributed by atoms with Crippen LogP contribution in [0, 0.1) is 0 Å². The van der Waals surface area contributed by atoms with Crippen molar-refractivity contribution >= 4 is 19.8 Å². The minimum Gasteiger partial charge on any atom is -0.756 e. The van der Waals surface area contributed by atoms with E-state index in [9.17, 15) is 19.0 Å². The number of nitrogens with zero attached hydrogens (tertiary/aromatic N) is 1. The van der Waals surface area contributed by atoms with E-state index in [1.165, 1.54) is 116 Å². The van der Waals surface area contributed by atoms with Crippen LogP contribution in [0.3, 0.4) is 0 Å². The third kappa shape index (κ3) is 34.9. The van der Waals surface area contributed by atoms with E-state index in [0.29, 0.717) is 17.4 Å². The van der Waals surface area contributed by atoms with Crippen molar-refractivity contribution in [3.8, 4) is 0 Å². The largest absolute Gasteiger partial charge is 0.756 e. The van der Waals surface area contributed by atoms with Crippen molar-refractivity contribution in [1.29, 1.82) is 0 Å². The highest BCUT2D eigenvalue weighted by Gasteiger charge is 2.21. The van der Waals surface area contributed by atoms with Crippen molar-refractivity contribution in [2.75, 3.05) is 47.5 Å². The molecule has 48 heavy (non-hydrogen) atoms. The Labute approximate surface area is 295 Å². The number of quaternary nitrogens is 1. The molecule has 0 aromatic carbocycles. The minimum atomic E-state index is -4.61. The van der Waals surface area contributed by atoms with E-state index < -0.39 is 26.5 Å². The summed E-state index contributed by atoms with van der Waals surface area (Å²) in [7, 11) is 1.18. The number of carbonyl (C=O) groups excluding carboxylic acids is 2. The van der Waals surface area contributed by atoms with Gasteiger partial charge in [0.15, 0.2) is 6.10 Å². The molecule has 0 fully saturated rings. The summed E-state index contributed by atoms with van der Waals surface area (Å²) in [4.78, 5) is 37.3. The molecule has 0 spiro atoms. The van der Waals surface area contributed by atoms with E-state index in [1.54, 1.807) is 0 Å². The maximum atomic E-state index is 12.6. The van der Waals surface area contributed by atoms with E-state index >= 15 is 0 Å². The molecule has 0 heterocycles. The Hall–Kier alpha value is -0.990. The van der Waals surface area contributed by atoms with Gasteiger partial charge in [0.1, 0.15) is 19.8 Å². The zero-order valence-electron chi connectivity index (χ0n) is 32.0. The molecule has 0 aliphatic heterocycles. The Kier molecular flexibility index (Phi) is 31.3. The lowest BCUT2D eigenvalue weighted by atomic mass is 10.0. The van der Waals surface area contributed by atoms with Crippen LogP contribution in [-0.2, 0) is 32.7 Å². The van der Waals surface area contributed by atoms with Gasteiger partial charge in [0.2, 0.25) is 0 Å². The maximum absolute atomic E-state index is 12.6. The second-order valence-corrected chi connectivity index (χ2v) is 16.1. The highest BCUT2D eigenvalue weighted by Crippen LogP contribution is 2.38. The number of carbonyl (C=O) groups is 2. The standard InChI is InChI=1S/C38H76NO8P/c1-6-8-10-12-14-16-18-19-20-21-23-24-26-28-30-37(40)44-34-36(35-46-48(42,43)45-33-32-39(3,4)5)47-38(41)31-29-27-25-22-17-15-13-11-9-7-2/h36H,6-35H2,1-5H3/t36-/m0/s1. The molecule has 0 aliphatic carbocycles. The summed E-state index contributed by atoms with van der Waals surface area (Å²) in [6, 6.07) is 0. The van der Waals surface area contributed by atoms with Gasteiger partial charge in [-0.2, -0.15) is 0 Å². The van der Waals surface area contributed by atoms with Crippen LogP contribution in [-0.4, -0.2) is 70.0 Å². The molecule has 2 atom stereocenters. The molecule has 0 amide bonds. The molecule has 0 bridgehead atoms. The summed E-state index contributed by atoms with van der Waals surface area (Å²) >= 11 is 0. The summed E-state index contributed by atoms with van der Waals surface area (Å²) < 4.78 is 33.7. The molecule has 0 saturated carbocycles. The number of rotatable bonds is 36. The zero-order chi connectivity index (χ0) is 35.8. The normalized spacial score (nSPS) is 13.7. The Morgan fingerprint density at radius 1 is 0.562 bits per heavy atom. The lowest BCUT2D eigenvalue weighted by Crippen LogP contribution is -2.37. The molecule has 9 nitrogen and oxygen atoms in total. The highest BCUT2D eigenvalue weighted by molar-refractivity contribution is 7.45. The molecular weight excluding hydrogens is 629 g/mol. The zero-order valence-corrected chi connectivity index (χ0v) is 32.8. The average molecular weight is 706 g/mol. The van der Waals surface area contributed by atoms with Gasteiger partial charge in [-0.05, 0) is 12.8 Å². The van der Waals surface area contributed by atoms with E-state index in [2.05, 4.69) is 13.8 Å². The molecule has 0 aromatic rings. The molecule has 0 radical (unpaired) electrons. The first-order chi connectivity index (χ1) is 23.0. The molecule has 0 aliphatic rings. The smallest absolute Gasteiger partial charge is 0.306 e. The second-order valence-electron chi connectivity index (χ2n) is 14.7. The van der Waals surface area contributed by atoms with E-state index in [-0.39, 0.29) is 32.0 Å². The second kappa shape index (κ2) is 32.0. The monoisotopic (exact) mass is 706 g/mol. The van der Waals surface area contributed by atoms with Crippen LogP contribution in [0.15, 0.2) is 0 Å². The van der Waals surface area contributed by atoms with Crippen LogP contribution in [0.1, 0.15) is 181 Å². The topological polar surface area (TPSA) is 111 Å². The SMILES string of the molecule is CCCCCCCCCCCCCCCCC(=O)OC[C@@H](COP(=O)([O-])OCC[N+](C)(C)C)OC(=O)CCCCCCCCCCCC.